The Labute approximate surface area is 106 Å². The van der Waals surface area contributed by atoms with E-state index in [1.165, 1.54) is 6.08 Å². The minimum Gasteiger partial charge on any atom is -0.481 e. The Morgan fingerprint density at radius 3 is 2.78 bits per heavy atom. The van der Waals surface area contributed by atoms with Crippen molar-refractivity contribution < 1.29 is 19.4 Å². The van der Waals surface area contributed by atoms with Gasteiger partial charge in [-0.15, -0.1) is 0 Å². The molecule has 0 aromatic heterocycles. The SMILES string of the molecule is C=CCOC(=O)N1CC([C@@H]2CNC[C@H]2C(=O)O)C1. The zero-order chi connectivity index (χ0) is 13.1. The lowest BCUT2D eigenvalue weighted by Crippen LogP contribution is -2.54. The highest BCUT2D eigenvalue weighted by Gasteiger charge is 2.44. The maximum atomic E-state index is 11.5. The van der Waals surface area contributed by atoms with Gasteiger partial charge in [-0.1, -0.05) is 12.7 Å². The smallest absolute Gasteiger partial charge is 0.410 e. The second-order valence-corrected chi connectivity index (χ2v) is 4.80. The van der Waals surface area contributed by atoms with E-state index in [1.807, 2.05) is 0 Å². The molecule has 2 saturated heterocycles. The predicted octanol–water partition coefficient (Wildman–Crippen LogP) is 0.161. The standard InChI is InChI=1S/C12H18N2O4/c1-2-3-18-12(17)14-6-8(7-14)9-4-13-5-10(9)11(15)16/h2,8-10,13H,1,3-7H2,(H,15,16)/t9-,10+/m0/s1. The molecule has 0 aromatic carbocycles. The molecule has 0 unspecified atom stereocenters. The van der Waals surface area contributed by atoms with E-state index in [-0.39, 0.29) is 30.5 Å². The van der Waals surface area contributed by atoms with Gasteiger partial charge in [0, 0.05) is 19.6 Å². The largest absolute Gasteiger partial charge is 0.481 e. The van der Waals surface area contributed by atoms with E-state index in [0.717, 1.165) is 6.54 Å². The predicted molar refractivity (Wildman–Crippen MR) is 64.1 cm³/mol. The molecule has 2 heterocycles. The molecular weight excluding hydrogens is 236 g/mol. The third-order valence-corrected chi connectivity index (χ3v) is 3.68. The summed E-state index contributed by atoms with van der Waals surface area (Å²) in [5, 5.41) is 12.2. The molecule has 2 fully saturated rings. The van der Waals surface area contributed by atoms with Gasteiger partial charge in [0.2, 0.25) is 0 Å². The Hall–Kier alpha value is -1.56. The summed E-state index contributed by atoms with van der Waals surface area (Å²) in [6.07, 6.45) is 1.18. The van der Waals surface area contributed by atoms with Crippen molar-refractivity contribution in [3.05, 3.63) is 12.7 Å². The number of hydrogen-bond acceptors (Lipinski definition) is 4. The molecule has 18 heavy (non-hydrogen) atoms. The van der Waals surface area contributed by atoms with Gasteiger partial charge in [0.15, 0.2) is 0 Å². The van der Waals surface area contributed by atoms with Crippen LogP contribution in [0.1, 0.15) is 0 Å². The summed E-state index contributed by atoms with van der Waals surface area (Å²) >= 11 is 0. The summed E-state index contributed by atoms with van der Waals surface area (Å²) in [5.74, 6) is -0.706. The molecule has 0 saturated carbocycles. The van der Waals surface area contributed by atoms with Crippen LogP contribution in [0, 0.1) is 17.8 Å². The number of ether oxygens (including phenoxy) is 1. The van der Waals surface area contributed by atoms with Gasteiger partial charge in [0.1, 0.15) is 6.61 Å². The second kappa shape index (κ2) is 5.39. The summed E-state index contributed by atoms with van der Waals surface area (Å²) < 4.78 is 4.92. The number of carbonyl (C=O) groups excluding carboxylic acids is 1. The lowest BCUT2D eigenvalue weighted by molar-refractivity contribution is -0.143. The van der Waals surface area contributed by atoms with Crippen LogP contribution in [0.3, 0.4) is 0 Å². The summed E-state index contributed by atoms with van der Waals surface area (Å²) in [7, 11) is 0. The Kier molecular flexibility index (Phi) is 3.86. The third kappa shape index (κ3) is 2.48. The first kappa shape index (κ1) is 12.9. The second-order valence-electron chi connectivity index (χ2n) is 4.80. The Morgan fingerprint density at radius 2 is 2.17 bits per heavy atom. The fraction of sp³-hybridized carbons (Fsp3) is 0.667. The first-order valence-corrected chi connectivity index (χ1v) is 6.09. The van der Waals surface area contributed by atoms with Gasteiger partial charge in [-0.25, -0.2) is 4.79 Å². The third-order valence-electron chi connectivity index (χ3n) is 3.68. The van der Waals surface area contributed by atoms with E-state index in [4.69, 9.17) is 9.84 Å². The van der Waals surface area contributed by atoms with Crippen molar-refractivity contribution in [3.63, 3.8) is 0 Å². The Bertz CT molecular complexity index is 352. The molecule has 100 valence electrons. The van der Waals surface area contributed by atoms with Crippen LogP contribution in [0.5, 0.6) is 0 Å². The highest BCUT2D eigenvalue weighted by atomic mass is 16.6. The van der Waals surface area contributed by atoms with E-state index in [9.17, 15) is 9.59 Å². The molecule has 0 aromatic rings. The first-order valence-electron chi connectivity index (χ1n) is 6.09. The summed E-state index contributed by atoms with van der Waals surface area (Å²) in [5.41, 5.74) is 0. The van der Waals surface area contributed by atoms with Gasteiger partial charge in [0.05, 0.1) is 5.92 Å². The maximum Gasteiger partial charge on any atom is 0.410 e. The Morgan fingerprint density at radius 1 is 1.44 bits per heavy atom. The van der Waals surface area contributed by atoms with Gasteiger partial charge in [-0.3, -0.25) is 4.79 Å². The average Bonchev–Trinajstić information content (AvgIpc) is 2.73. The number of likely N-dealkylation sites (tertiary alicyclic amines) is 1. The van der Waals surface area contributed by atoms with E-state index in [0.29, 0.717) is 19.6 Å². The van der Waals surface area contributed by atoms with Gasteiger partial charge in [0.25, 0.3) is 0 Å². The van der Waals surface area contributed by atoms with Crippen molar-refractivity contribution in [1.82, 2.24) is 10.2 Å². The number of nitrogens with one attached hydrogen (secondary N) is 1. The Balaban J connectivity index is 1.80. The molecule has 2 aliphatic rings. The van der Waals surface area contributed by atoms with Crippen LogP contribution in [-0.2, 0) is 9.53 Å². The number of carboxylic acid groups (broad SMARTS) is 1. The van der Waals surface area contributed by atoms with Crippen LogP contribution in [0.25, 0.3) is 0 Å². The minimum absolute atomic E-state index is 0.117. The topological polar surface area (TPSA) is 78.9 Å². The fourth-order valence-electron chi connectivity index (χ4n) is 2.62. The van der Waals surface area contributed by atoms with E-state index < -0.39 is 5.97 Å². The van der Waals surface area contributed by atoms with Gasteiger partial charge >= 0.3 is 12.1 Å². The van der Waals surface area contributed by atoms with Crippen LogP contribution in [0.15, 0.2) is 12.7 Å². The molecule has 2 atom stereocenters. The van der Waals surface area contributed by atoms with E-state index in [2.05, 4.69) is 11.9 Å². The molecule has 6 nitrogen and oxygen atoms in total. The van der Waals surface area contributed by atoms with Gasteiger partial charge in [-0.2, -0.15) is 0 Å². The minimum atomic E-state index is -0.752. The normalized spacial score (nSPS) is 27.7. The number of rotatable bonds is 4. The van der Waals surface area contributed by atoms with Crippen LogP contribution < -0.4 is 5.32 Å². The molecule has 0 bridgehead atoms. The van der Waals surface area contributed by atoms with Crippen LogP contribution >= 0.6 is 0 Å². The number of carboxylic acids is 1. The van der Waals surface area contributed by atoms with E-state index in [1.54, 1.807) is 4.90 Å². The van der Waals surface area contributed by atoms with Crippen molar-refractivity contribution in [2.75, 3.05) is 32.8 Å². The molecular formula is C12H18N2O4. The van der Waals surface area contributed by atoms with Crippen LogP contribution in [0.4, 0.5) is 4.79 Å². The molecule has 2 rings (SSSR count). The summed E-state index contributed by atoms with van der Waals surface area (Å²) in [4.78, 5) is 24.1. The molecule has 2 N–H and O–H groups in total. The summed E-state index contributed by atoms with van der Waals surface area (Å²) in [6.45, 7) is 6.11. The molecule has 0 radical (unpaired) electrons. The number of amides is 1. The number of nitrogens with zero attached hydrogens (tertiary/aromatic N) is 1. The molecule has 0 aliphatic carbocycles. The van der Waals surface area contributed by atoms with Crippen molar-refractivity contribution in [2.45, 2.75) is 0 Å². The highest BCUT2D eigenvalue weighted by molar-refractivity contribution is 5.72. The number of hydrogen-bond donors (Lipinski definition) is 2. The monoisotopic (exact) mass is 254 g/mol. The average molecular weight is 254 g/mol. The van der Waals surface area contributed by atoms with Gasteiger partial charge in [-0.05, 0) is 18.4 Å². The zero-order valence-corrected chi connectivity index (χ0v) is 10.2. The molecule has 2 aliphatic heterocycles. The maximum absolute atomic E-state index is 11.5. The van der Waals surface area contributed by atoms with Crippen molar-refractivity contribution >= 4 is 12.1 Å². The number of aliphatic carboxylic acids is 1. The highest BCUT2D eigenvalue weighted by Crippen LogP contribution is 2.32. The quantitative estimate of drug-likeness (QED) is 0.699. The molecule has 6 heteroatoms. The molecule has 0 spiro atoms. The van der Waals surface area contributed by atoms with Crippen LogP contribution in [-0.4, -0.2) is 54.9 Å². The lowest BCUT2D eigenvalue weighted by atomic mass is 9.79. The summed E-state index contributed by atoms with van der Waals surface area (Å²) in [6, 6.07) is 0. The fourth-order valence-corrected chi connectivity index (χ4v) is 2.62. The zero-order valence-electron chi connectivity index (χ0n) is 10.2. The van der Waals surface area contributed by atoms with Crippen molar-refractivity contribution in [2.24, 2.45) is 17.8 Å². The molecule has 1 amide bonds. The van der Waals surface area contributed by atoms with Gasteiger partial charge < -0.3 is 20.1 Å². The van der Waals surface area contributed by atoms with Crippen molar-refractivity contribution in [1.29, 1.82) is 0 Å². The van der Waals surface area contributed by atoms with Crippen LogP contribution in [0.2, 0.25) is 0 Å². The number of carbonyl (C=O) groups is 2. The van der Waals surface area contributed by atoms with E-state index >= 15 is 0 Å². The first-order chi connectivity index (χ1) is 8.63. The lowest BCUT2D eigenvalue weighted by Gasteiger charge is -2.42. The van der Waals surface area contributed by atoms with Crippen molar-refractivity contribution in [3.8, 4) is 0 Å².